The standard InChI is InChI=1S/C8H15N/c1-7(2)5-9-6-8(3)4/h5-7H,1-4H3. The van der Waals surface area contributed by atoms with Crippen molar-refractivity contribution in [2.45, 2.75) is 27.7 Å². The number of rotatable bonds is 2. The normalized spacial score (nSPS) is 10.8. The summed E-state index contributed by atoms with van der Waals surface area (Å²) < 4.78 is 0. The van der Waals surface area contributed by atoms with Gasteiger partial charge in [-0.2, -0.15) is 0 Å². The van der Waals surface area contributed by atoms with Gasteiger partial charge in [-0.3, -0.25) is 4.99 Å². The van der Waals surface area contributed by atoms with Crippen LogP contribution in [0.2, 0.25) is 0 Å². The smallest absolute Gasteiger partial charge is 0.0250 e. The maximum atomic E-state index is 4.08. The number of aliphatic imine (C=N–C) groups is 1. The third-order valence-corrected chi connectivity index (χ3v) is 0.717. The molecule has 1 nitrogen and oxygen atoms in total. The molecule has 0 aliphatic rings. The van der Waals surface area contributed by atoms with Crippen LogP contribution in [-0.4, -0.2) is 6.21 Å². The zero-order chi connectivity index (χ0) is 7.28. The molecule has 0 amide bonds. The van der Waals surface area contributed by atoms with Crippen molar-refractivity contribution in [2.24, 2.45) is 10.9 Å². The number of allylic oxidation sites excluding steroid dienone is 1. The molecule has 0 aromatic rings. The lowest BCUT2D eigenvalue weighted by molar-refractivity contribution is 0.907. The van der Waals surface area contributed by atoms with Gasteiger partial charge in [0.2, 0.25) is 0 Å². The maximum Gasteiger partial charge on any atom is 0.0250 e. The van der Waals surface area contributed by atoms with Gasteiger partial charge in [0.1, 0.15) is 0 Å². The fourth-order valence-electron chi connectivity index (χ4n) is 0.364. The molecule has 52 valence electrons. The van der Waals surface area contributed by atoms with E-state index in [2.05, 4.69) is 18.8 Å². The van der Waals surface area contributed by atoms with E-state index in [1.54, 1.807) is 0 Å². The predicted octanol–water partition coefficient (Wildman–Crippen LogP) is 2.64. The third kappa shape index (κ3) is 7.41. The molecule has 0 aliphatic heterocycles. The van der Waals surface area contributed by atoms with E-state index in [0.717, 1.165) is 0 Å². The lowest BCUT2D eigenvalue weighted by atomic mass is 10.2. The summed E-state index contributed by atoms with van der Waals surface area (Å²) in [5.41, 5.74) is 1.24. The zero-order valence-corrected chi connectivity index (χ0v) is 6.68. The molecule has 0 heterocycles. The number of nitrogens with zero attached hydrogens (tertiary/aromatic N) is 1. The second kappa shape index (κ2) is 4.30. The SMILES string of the molecule is CC(C)=CN=CC(C)C. The molecule has 0 atom stereocenters. The summed E-state index contributed by atoms with van der Waals surface area (Å²) in [6.45, 7) is 8.31. The van der Waals surface area contributed by atoms with E-state index >= 15 is 0 Å². The van der Waals surface area contributed by atoms with E-state index in [0.29, 0.717) is 5.92 Å². The summed E-state index contributed by atoms with van der Waals surface area (Å²) >= 11 is 0. The van der Waals surface area contributed by atoms with Crippen LogP contribution in [0.15, 0.2) is 16.8 Å². The summed E-state index contributed by atoms with van der Waals surface area (Å²) in [7, 11) is 0. The van der Waals surface area contributed by atoms with Crippen molar-refractivity contribution < 1.29 is 0 Å². The van der Waals surface area contributed by atoms with Crippen LogP contribution in [0.4, 0.5) is 0 Å². The van der Waals surface area contributed by atoms with Gasteiger partial charge in [0, 0.05) is 12.4 Å². The van der Waals surface area contributed by atoms with Crippen LogP contribution >= 0.6 is 0 Å². The lowest BCUT2D eigenvalue weighted by Crippen LogP contribution is -1.84. The highest BCUT2D eigenvalue weighted by Crippen LogP contribution is 1.90. The van der Waals surface area contributed by atoms with Crippen LogP contribution in [0, 0.1) is 5.92 Å². The summed E-state index contributed by atoms with van der Waals surface area (Å²) in [4.78, 5) is 4.08. The first-order valence-corrected chi connectivity index (χ1v) is 3.29. The van der Waals surface area contributed by atoms with E-state index in [4.69, 9.17) is 0 Å². The predicted molar refractivity (Wildman–Crippen MR) is 42.8 cm³/mol. The van der Waals surface area contributed by atoms with Crippen molar-refractivity contribution in [3.05, 3.63) is 11.8 Å². The summed E-state index contributed by atoms with van der Waals surface area (Å²) in [5.74, 6) is 0.556. The van der Waals surface area contributed by atoms with Crippen LogP contribution in [-0.2, 0) is 0 Å². The van der Waals surface area contributed by atoms with Crippen molar-refractivity contribution in [2.75, 3.05) is 0 Å². The first-order chi connectivity index (χ1) is 4.13. The van der Waals surface area contributed by atoms with Crippen LogP contribution in [0.5, 0.6) is 0 Å². The van der Waals surface area contributed by atoms with Gasteiger partial charge in [-0.1, -0.05) is 19.4 Å². The lowest BCUT2D eigenvalue weighted by Gasteiger charge is -1.89. The van der Waals surface area contributed by atoms with Crippen LogP contribution in [0.1, 0.15) is 27.7 Å². The van der Waals surface area contributed by atoms with Gasteiger partial charge in [-0.15, -0.1) is 0 Å². The van der Waals surface area contributed by atoms with E-state index in [-0.39, 0.29) is 0 Å². The third-order valence-electron chi connectivity index (χ3n) is 0.717. The van der Waals surface area contributed by atoms with Crippen molar-refractivity contribution >= 4 is 6.21 Å². The molecule has 0 aromatic heterocycles. The van der Waals surface area contributed by atoms with Crippen LogP contribution in [0.25, 0.3) is 0 Å². The van der Waals surface area contributed by atoms with Gasteiger partial charge in [-0.05, 0) is 19.8 Å². The van der Waals surface area contributed by atoms with Crippen molar-refractivity contribution in [3.63, 3.8) is 0 Å². The van der Waals surface area contributed by atoms with Crippen molar-refractivity contribution in [1.29, 1.82) is 0 Å². The molecule has 0 spiro atoms. The molecule has 0 aromatic carbocycles. The molecule has 0 bridgehead atoms. The van der Waals surface area contributed by atoms with Gasteiger partial charge in [0.05, 0.1) is 0 Å². The van der Waals surface area contributed by atoms with Crippen molar-refractivity contribution in [3.8, 4) is 0 Å². The molecular formula is C8H15N. The largest absolute Gasteiger partial charge is 0.269 e. The summed E-state index contributed by atoms with van der Waals surface area (Å²) in [6.07, 6.45) is 3.81. The van der Waals surface area contributed by atoms with E-state index in [9.17, 15) is 0 Å². The molecule has 0 radical (unpaired) electrons. The Balaban J connectivity index is 3.60. The fourth-order valence-corrected chi connectivity index (χ4v) is 0.364. The van der Waals surface area contributed by atoms with E-state index < -0.39 is 0 Å². The highest BCUT2D eigenvalue weighted by atomic mass is 14.7. The van der Waals surface area contributed by atoms with Gasteiger partial charge < -0.3 is 0 Å². The van der Waals surface area contributed by atoms with E-state index in [1.807, 2.05) is 26.3 Å². The Hall–Kier alpha value is -0.590. The maximum absolute atomic E-state index is 4.08. The molecule has 0 N–H and O–H groups in total. The second-order valence-electron chi connectivity index (χ2n) is 2.75. The highest BCUT2D eigenvalue weighted by Gasteiger charge is 1.80. The average Bonchev–Trinajstić information content (AvgIpc) is 1.63. The minimum absolute atomic E-state index is 0.556. The quantitative estimate of drug-likeness (QED) is 0.503. The Kier molecular flexibility index (Phi) is 4.02. The van der Waals surface area contributed by atoms with Crippen LogP contribution < -0.4 is 0 Å². The Labute approximate surface area is 57.5 Å². The fraction of sp³-hybridized carbons (Fsp3) is 0.625. The molecule has 0 aliphatic carbocycles. The Bertz CT molecular complexity index is 117. The zero-order valence-electron chi connectivity index (χ0n) is 6.68. The Morgan fingerprint density at radius 1 is 1.33 bits per heavy atom. The molecular weight excluding hydrogens is 110 g/mol. The van der Waals surface area contributed by atoms with Gasteiger partial charge >= 0.3 is 0 Å². The molecule has 0 unspecified atom stereocenters. The summed E-state index contributed by atoms with van der Waals surface area (Å²) in [5, 5.41) is 0. The van der Waals surface area contributed by atoms with Gasteiger partial charge in [0.15, 0.2) is 0 Å². The van der Waals surface area contributed by atoms with E-state index in [1.165, 1.54) is 5.57 Å². The highest BCUT2D eigenvalue weighted by molar-refractivity contribution is 5.60. The molecule has 0 fully saturated rings. The van der Waals surface area contributed by atoms with Crippen LogP contribution in [0.3, 0.4) is 0 Å². The molecule has 9 heavy (non-hydrogen) atoms. The monoisotopic (exact) mass is 125 g/mol. The summed E-state index contributed by atoms with van der Waals surface area (Å²) in [6, 6.07) is 0. The average molecular weight is 125 g/mol. The first-order valence-electron chi connectivity index (χ1n) is 3.29. The molecule has 1 heteroatoms. The molecule has 0 rings (SSSR count). The second-order valence-corrected chi connectivity index (χ2v) is 2.75. The minimum Gasteiger partial charge on any atom is -0.269 e. The Morgan fingerprint density at radius 2 is 1.89 bits per heavy atom. The number of hydrogen-bond acceptors (Lipinski definition) is 1. The number of hydrogen-bond donors (Lipinski definition) is 0. The molecule has 0 saturated carbocycles. The first kappa shape index (κ1) is 8.41. The van der Waals surface area contributed by atoms with Gasteiger partial charge in [-0.25, -0.2) is 0 Å². The minimum atomic E-state index is 0.556. The van der Waals surface area contributed by atoms with Gasteiger partial charge in [0.25, 0.3) is 0 Å². The molecule has 0 saturated heterocycles. The Morgan fingerprint density at radius 3 is 2.22 bits per heavy atom. The van der Waals surface area contributed by atoms with Crippen molar-refractivity contribution in [1.82, 2.24) is 0 Å². The topological polar surface area (TPSA) is 12.4 Å².